The summed E-state index contributed by atoms with van der Waals surface area (Å²) < 4.78 is 0. The van der Waals surface area contributed by atoms with Crippen LogP contribution >= 0.6 is 0 Å². The number of nitrogens with zero attached hydrogens (tertiary/aromatic N) is 3. The summed E-state index contributed by atoms with van der Waals surface area (Å²) in [5.74, 6) is 1.32. The van der Waals surface area contributed by atoms with Crippen LogP contribution in [0, 0.1) is 5.92 Å². The Bertz CT molecular complexity index is 333. The average molecular weight is 250 g/mol. The molecule has 2 rings (SSSR count). The zero-order valence-electron chi connectivity index (χ0n) is 10.8. The average Bonchev–Trinajstić information content (AvgIpc) is 2.45. The lowest BCUT2D eigenvalue weighted by molar-refractivity contribution is 0.120. The molecular formula is C13H22N4O. The number of piperidine rings is 1. The van der Waals surface area contributed by atoms with Gasteiger partial charge in [0.2, 0.25) is 0 Å². The molecule has 100 valence electrons. The van der Waals surface area contributed by atoms with Gasteiger partial charge in [-0.3, -0.25) is 4.98 Å². The van der Waals surface area contributed by atoms with Gasteiger partial charge in [-0.2, -0.15) is 0 Å². The number of hydrogen-bond donors (Lipinski definition) is 2. The molecule has 5 heteroatoms. The molecule has 1 aromatic rings. The van der Waals surface area contributed by atoms with Gasteiger partial charge in [0.15, 0.2) is 0 Å². The Labute approximate surface area is 108 Å². The standard InChI is InChI=1S/C13H22N4O/c18-11-12-3-1-7-17(10-12)8-2-4-15-13-9-14-5-6-16-13/h5-6,9,12,18H,1-4,7-8,10-11H2,(H,15,16). The van der Waals surface area contributed by atoms with Gasteiger partial charge in [0, 0.05) is 32.1 Å². The van der Waals surface area contributed by atoms with E-state index in [0.29, 0.717) is 12.5 Å². The molecule has 5 nitrogen and oxygen atoms in total. The van der Waals surface area contributed by atoms with Crippen molar-refractivity contribution in [2.75, 3.05) is 38.1 Å². The highest BCUT2D eigenvalue weighted by Gasteiger charge is 2.18. The van der Waals surface area contributed by atoms with E-state index in [4.69, 9.17) is 0 Å². The molecule has 0 saturated carbocycles. The van der Waals surface area contributed by atoms with Gasteiger partial charge in [-0.25, -0.2) is 4.98 Å². The molecule has 0 spiro atoms. The molecule has 2 heterocycles. The van der Waals surface area contributed by atoms with Crippen molar-refractivity contribution in [3.63, 3.8) is 0 Å². The molecule has 1 atom stereocenters. The zero-order valence-corrected chi connectivity index (χ0v) is 10.8. The van der Waals surface area contributed by atoms with Gasteiger partial charge >= 0.3 is 0 Å². The van der Waals surface area contributed by atoms with E-state index in [-0.39, 0.29) is 0 Å². The third-order valence-electron chi connectivity index (χ3n) is 3.38. The zero-order chi connectivity index (χ0) is 12.6. The Hall–Kier alpha value is -1.20. The summed E-state index contributed by atoms with van der Waals surface area (Å²) in [4.78, 5) is 10.6. The Morgan fingerprint density at radius 2 is 2.39 bits per heavy atom. The maximum atomic E-state index is 9.17. The number of nitrogens with one attached hydrogen (secondary N) is 1. The van der Waals surface area contributed by atoms with E-state index in [1.807, 2.05) is 0 Å². The van der Waals surface area contributed by atoms with E-state index in [2.05, 4.69) is 20.2 Å². The van der Waals surface area contributed by atoms with Gasteiger partial charge in [0.1, 0.15) is 5.82 Å². The Morgan fingerprint density at radius 3 is 3.17 bits per heavy atom. The van der Waals surface area contributed by atoms with E-state index in [9.17, 15) is 5.11 Å². The molecule has 18 heavy (non-hydrogen) atoms. The van der Waals surface area contributed by atoms with E-state index >= 15 is 0 Å². The Kier molecular flexibility index (Phi) is 5.36. The summed E-state index contributed by atoms with van der Waals surface area (Å²) >= 11 is 0. The number of hydrogen-bond acceptors (Lipinski definition) is 5. The first-order valence-electron chi connectivity index (χ1n) is 6.71. The molecule has 0 radical (unpaired) electrons. The lowest BCUT2D eigenvalue weighted by atomic mass is 9.99. The third-order valence-corrected chi connectivity index (χ3v) is 3.38. The van der Waals surface area contributed by atoms with Crippen molar-refractivity contribution >= 4 is 5.82 Å². The first kappa shape index (κ1) is 13.2. The maximum absolute atomic E-state index is 9.17. The van der Waals surface area contributed by atoms with Gasteiger partial charge in [-0.05, 0) is 38.3 Å². The van der Waals surface area contributed by atoms with Crippen LogP contribution < -0.4 is 5.32 Å². The van der Waals surface area contributed by atoms with Crippen molar-refractivity contribution in [3.8, 4) is 0 Å². The number of rotatable bonds is 6. The van der Waals surface area contributed by atoms with Gasteiger partial charge < -0.3 is 15.3 Å². The van der Waals surface area contributed by atoms with Crippen LogP contribution in [0.1, 0.15) is 19.3 Å². The van der Waals surface area contributed by atoms with Crippen LogP contribution in [-0.2, 0) is 0 Å². The first-order valence-corrected chi connectivity index (χ1v) is 6.71. The molecule has 1 aromatic heterocycles. The quantitative estimate of drug-likeness (QED) is 0.737. The largest absolute Gasteiger partial charge is 0.396 e. The number of aliphatic hydroxyl groups is 1. The minimum Gasteiger partial charge on any atom is -0.396 e. The van der Waals surface area contributed by atoms with Crippen molar-refractivity contribution in [1.29, 1.82) is 0 Å². The van der Waals surface area contributed by atoms with Crippen LogP contribution in [0.4, 0.5) is 5.82 Å². The van der Waals surface area contributed by atoms with Crippen molar-refractivity contribution in [2.45, 2.75) is 19.3 Å². The summed E-state index contributed by atoms with van der Waals surface area (Å²) in [7, 11) is 0. The van der Waals surface area contributed by atoms with Gasteiger partial charge in [0.05, 0.1) is 6.20 Å². The topological polar surface area (TPSA) is 61.3 Å². The predicted molar refractivity (Wildman–Crippen MR) is 71.4 cm³/mol. The summed E-state index contributed by atoms with van der Waals surface area (Å²) in [6, 6.07) is 0. The molecule has 2 N–H and O–H groups in total. The molecule has 1 aliphatic heterocycles. The Morgan fingerprint density at radius 1 is 1.44 bits per heavy atom. The summed E-state index contributed by atoms with van der Waals surface area (Å²) in [6.45, 7) is 4.54. The SMILES string of the molecule is OCC1CCCN(CCCNc2cnccn2)C1. The van der Waals surface area contributed by atoms with Gasteiger partial charge in [-0.15, -0.1) is 0 Å². The monoisotopic (exact) mass is 250 g/mol. The fourth-order valence-corrected chi connectivity index (χ4v) is 2.41. The van der Waals surface area contributed by atoms with Crippen molar-refractivity contribution in [1.82, 2.24) is 14.9 Å². The number of likely N-dealkylation sites (tertiary alicyclic amines) is 1. The molecule has 1 aliphatic rings. The maximum Gasteiger partial charge on any atom is 0.144 e. The highest BCUT2D eigenvalue weighted by Crippen LogP contribution is 2.15. The van der Waals surface area contributed by atoms with Crippen LogP contribution in [0.2, 0.25) is 0 Å². The normalized spacial score (nSPS) is 20.8. The molecule has 1 unspecified atom stereocenters. The second-order valence-electron chi connectivity index (χ2n) is 4.86. The fourth-order valence-electron chi connectivity index (χ4n) is 2.41. The minimum absolute atomic E-state index is 0.328. The van der Waals surface area contributed by atoms with Crippen LogP contribution in [0.15, 0.2) is 18.6 Å². The molecule has 0 bridgehead atoms. The molecular weight excluding hydrogens is 228 g/mol. The number of anilines is 1. The van der Waals surface area contributed by atoms with Crippen molar-refractivity contribution in [3.05, 3.63) is 18.6 Å². The predicted octanol–water partition coefficient (Wildman–Crippen LogP) is 0.983. The highest BCUT2D eigenvalue weighted by atomic mass is 16.3. The molecule has 0 aliphatic carbocycles. The minimum atomic E-state index is 0.328. The number of aromatic nitrogens is 2. The fraction of sp³-hybridized carbons (Fsp3) is 0.692. The second kappa shape index (κ2) is 7.28. The summed E-state index contributed by atoms with van der Waals surface area (Å²) in [6.07, 6.45) is 8.58. The smallest absolute Gasteiger partial charge is 0.144 e. The molecule has 0 amide bonds. The molecule has 1 fully saturated rings. The van der Waals surface area contributed by atoms with E-state index in [1.54, 1.807) is 18.6 Å². The van der Waals surface area contributed by atoms with Crippen molar-refractivity contribution < 1.29 is 5.11 Å². The van der Waals surface area contributed by atoms with Crippen molar-refractivity contribution in [2.24, 2.45) is 5.92 Å². The third kappa shape index (κ3) is 4.23. The summed E-state index contributed by atoms with van der Waals surface area (Å²) in [5.41, 5.74) is 0. The van der Waals surface area contributed by atoms with Gasteiger partial charge in [-0.1, -0.05) is 0 Å². The molecule has 1 saturated heterocycles. The number of aliphatic hydroxyl groups excluding tert-OH is 1. The van der Waals surface area contributed by atoms with Gasteiger partial charge in [0.25, 0.3) is 0 Å². The van der Waals surface area contributed by atoms with Crippen LogP contribution in [-0.4, -0.2) is 52.8 Å². The second-order valence-corrected chi connectivity index (χ2v) is 4.86. The van der Waals surface area contributed by atoms with E-state index in [1.165, 1.54) is 19.4 Å². The molecule has 0 aromatic carbocycles. The lowest BCUT2D eigenvalue weighted by Gasteiger charge is -2.31. The summed E-state index contributed by atoms with van der Waals surface area (Å²) in [5, 5.41) is 12.4. The van der Waals surface area contributed by atoms with E-state index in [0.717, 1.165) is 31.9 Å². The van der Waals surface area contributed by atoms with Crippen LogP contribution in [0.5, 0.6) is 0 Å². The highest BCUT2D eigenvalue weighted by molar-refractivity contribution is 5.29. The van der Waals surface area contributed by atoms with E-state index < -0.39 is 0 Å². The first-order chi connectivity index (χ1) is 8.88. The van der Waals surface area contributed by atoms with Crippen LogP contribution in [0.3, 0.4) is 0 Å². The van der Waals surface area contributed by atoms with Crippen LogP contribution in [0.25, 0.3) is 0 Å². The Balaban J connectivity index is 1.60. The lowest BCUT2D eigenvalue weighted by Crippen LogP contribution is -2.37.